The average molecular weight is 213 g/mol. The van der Waals surface area contributed by atoms with Crippen LogP contribution in [0.15, 0.2) is 12.7 Å². The van der Waals surface area contributed by atoms with Gasteiger partial charge in [0, 0.05) is 20.2 Å². The maximum absolute atomic E-state index is 5.00. The van der Waals surface area contributed by atoms with Crippen LogP contribution in [0, 0.1) is 11.3 Å². The molecule has 0 rings (SSSR count). The molecule has 0 fully saturated rings. The van der Waals surface area contributed by atoms with E-state index in [4.69, 9.17) is 4.74 Å². The molecule has 1 atom stereocenters. The fraction of sp³-hybridized carbons (Fsp3) is 0.846. The van der Waals surface area contributed by atoms with Crippen LogP contribution in [0.4, 0.5) is 0 Å². The predicted molar refractivity (Wildman–Crippen MR) is 67.1 cm³/mol. The Balaban J connectivity index is 3.80. The highest BCUT2D eigenvalue weighted by Gasteiger charge is 2.19. The Morgan fingerprint density at radius 2 is 2.13 bits per heavy atom. The van der Waals surface area contributed by atoms with Crippen LogP contribution in [0.25, 0.3) is 0 Å². The Morgan fingerprint density at radius 3 is 2.60 bits per heavy atom. The summed E-state index contributed by atoms with van der Waals surface area (Å²) >= 11 is 0. The van der Waals surface area contributed by atoms with Gasteiger partial charge in [-0.15, -0.1) is 6.58 Å². The molecule has 0 aliphatic carbocycles. The lowest BCUT2D eigenvalue weighted by molar-refractivity contribution is 0.194. The standard InChI is InChI=1S/C13H27NO/c1-6-13(4,8-7-12(2)3)11-14-9-10-15-5/h6,12,14H,1,7-11H2,2-5H3. The molecule has 0 aromatic heterocycles. The highest BCUT2D eigenvalue weighted by Crippen LogP contribution is 2.25. The molecule has 1 N–H and O–H groups in total. The number of hydrogen-bond donors (Lipinski definition) is 1. The molecular formula is C13H27NO. The van der Waals surface area contributed by atoms with Gasteiger partial charge in [0.05, 0.1) is 6.61 Å². The van der Waals surface area contributed by atoms with E-state index in [1.807, 2.05) is 0 Å². The first kappa shape index (κ1) is 14.7. The van der Waals surface area contributed by atoms with Crippen LogP contribution in [0.2, 0.25) is 0 Å². The van der Waals surface area contributed by atoms with E-state index in [1.54, 1.807) is 7.11 Å². The van der Waals surface area contributed by atoms with Crippen LogP contribution in [0.1, 0.15) is 33.6 Å². The Hall–Kier alpha value is -0.340. The third-order valence-electron chi connectivity index (χ3n) is 2.80. The van der Waals surface area contributed by atoms with Crippen molar-refractivity contribution in [1.29, 1.82) is 0 Å². The van der Waals surface area contributed by atoms with Crippen molar-refractivity contribution >= 4 is 0 Å². The Morgan fingerprint density at radius 1 is 1.47 bits per heavy atom. The van der Waals surface area contributed by atoms with Crippen molar-refractivity contribution in [2.24, 2.45) is 11.3 Å². The fourth-order valence-electron chi connectivity index (χ4n) is 1.43. The maximum atomic E-state index is 5.00. The monoisotopic (exact) mass is 213 g/mol. The largest absolute Gasteiger partial charge is 0.383 e. The summed E-state index contributed by atoms with van der Waals surface area (Å²) in [6.45, 7) is 13.4. The van der Waals surface area contributed by atoms with E-state index < -0.39 is 0 Å². The summed E-state index contributed by atoms with van der Waals surface area (Å²) < 4.78 is 5.00. The molecule has 0 bridgehead atoms. The number of methoxy groups -OCH3 is 1. The first-order chi connectivity index (χ1) is 7.04. The van der Waals surface area contributed by atoms with E-state index >= 15 is 0 Å². The van der Waals surface area contributed by atoms with Crippen LogP contribution in [-0.4, -0.2) is 26.8 Å². The molecule has 0 amide bonds. The van der Waals surface area contributed by atoms with Crippen molar-refractivity contribution in [2.45, 2.75) is 33.6 Å². The zero-order valence-corrected chi connectivity index (χ0v) is 10.8. The lowest BCUT2D eigenvalue weighted by Gasteiger charge is -2.27. The highest BCUT2D eigenvalue weighted by atomic mass is 16.5. The van der Waals surface area contributed by atoms with E-state index in [-0.39, 0.29) is 5.41 Å². The summed E-state index contributed by atoms with van der Waals surface area (Å²) in [7, 11) is 1.73. The summed E-state index contributed by atoms with van der Waals surface area (Å²) in [4.78, 5) is 0. The quantitative estimate of drug-likeness (QED) is 0.470. The van der Waals surface area contributed by atoms with Gasteiger partial charge < -0.3 is 10.1 Å². The van der Waals surface area contributed by atoms with Gasteiger partial charge in [0.1, 0.15) is 0 Å². The number of hydrogen-bond acceptors (Lipinski definition) is 2. The second-order valence-electron chi connectivity index (χ2n) is 4.96. The normalized spacial score (nSPS) is 15.3. The van der Waals surface area contributed by atoms with E-state index in [9.17, 15) is 0 Å². The highest BCUT2D eigenvalue weighted by molar-refractivity contribution is 4.93. The van der Waals surface area contributed by atoms with Gasteiger partial charge >= 0.3 is 0 Å². The van der Waals surface area contributed by atoms with Gasteiger partial charge in [-0.2, -0.15) is 0 Å². The van der Waals surface area contributed by atoms with Crippen molar-refractivity contribution in [3.63, 3.8) is 0 Å². The lowest BCUT2D eigenvalue weighted by Crippen LogP contribution is -2.32. The number of nitrogens with one attached hydrogen (secondary N) is 1. The minimum atomic E-state index is 0.220. The Labute approximate surface area is 95.1 Å². The van der Waals surface area contributed by atoms with E-state index in [1.165, 1.54) is 12.8 Å². The predicted octanol–water partition coefficient (Wildman–Crippen LogP) is 2.85. The van der Waals surface area contributed by atoms with Crippen LogP contribution in [0.5, 0.6) is 0 Å². The van der Waals surface area contributed by atoms with Crippen LogP contribution in [0.3, 0.4) is 0 Å². The molecule has 0 saturated carbocycles. The zero-order valence-electron chi connectivity index (χ0n) is 10.8. The Kier molecular flexibility index (Phi) is 7.71. The molecule has 0 aliphatic heterocycles. The van der Waals surface area contributed by atoms with Crippen molar-refractivity contribution in [3.05, 3.63) is 12.7 Å². The molecule has 0 radical (unpaired) electrons. The van der Waals surface area contributed by atoms with Gasteiger partial charge in [0.15, 0.2) is 0 Å². The van der Waals surface area contributed by atoms with Gasteiger partial charge in [0.25, 0.3) is 0 Å². The molecule has 0 aliphatic rings. The molecule has 90 valence electrons. The first-order valence-electron chi connectivity index (χ1n) is 5.87. The summed E-state index contributed by atoms with van der Waals surface area (Å²) in [6, 6.07) is 0. The zero-order chi connectivity index (χ0) is 11.7. The smallest absolute Gasteiger partial charge is 0.0587 e. The lowest BCUT2D eigenvalue weighted by atomic mass is 9.83. The number of rotatable bonds is 9. The van der Waals surface area contributed by atoms with Crippen LogP contribution in [-0.2, 0) is 4.74 Å². The second-order valence-corrected chi connectivity index (χ2v) is 4.96. The molecular weight excluding hydrogens is 186 g/mol. The summed E-state index contributed by atoms with van der Waals surface area (Å²) in [5.74, 6) is 0.767. The maximum Gasteiger partial charge on any atom is 0.0587 e. The number of ether oxygens (including phenoxy) is 1. The van der Waals surface area contributed by atoms with Gasteiger partial charge in [-0.1, -0.05) is 33.3 Å². The molecule has 0 aromatic carbocycles. The fourth-order valence-corrected chi connectivity index (χ4v) is 1.43. The van der Waals surface area contributed by atoms with Crippen molar-refractivity contribution in [2.75, 3.05) is 26.8 Å². The molecule has 0 aromatic rings. The molecule has 2 heteroatoms. The minimum absolute atomic E-state index is 0.220. The molecule has 2 nitrogen and oxygen atoms in total. The average Bonchev–Trinajstić information content (AvgIpc) is 2.22. The van der Waals surface area contributed by atoms with Crippen molar-refractivity contribution in [1.82, 2.24) is 5.32 Å². The van der Waals surface area contributed by atoms with E-state index in [0.29, 0.717) is 0 Å². The summed E-state index contributed by atoms with van der Waals surface area (Å²) in [6.07, 6.45) is 4.54. The molecule has 1 unspecified atom stereocenters. The summed E-state index contributed by atoms with van der Waals surface area (Å²) in [5, 5.41) is 3.41. The Bertz CT molecular complexity index is 168. The molecule has 0 spiro atoms. The topological polar surface area (TPSA) is 21.3 Å². The molecule has 0 heterocycles. The third-order valence-corrected chi connectivity index (χ3v) is 2.80. The van der Waals surface area contributed by atoms with Crippen molar-refractivity contribution in [3.8, 4) is 0 Å². The minimum Gasteiger partial charge on any atom is -0.383 e. The van der Waals surface area contributed by atoms with Crippen molar-refractivity contribution < 1.29 is 4.74 Å². The first-order valence-corrected chi connectivity index (χ1v) is 5.87. The second kappa shape index (κ2) is 7.89. The SMILES string of the molecule is C=CC(C)(CCC(C)C)CNCCOC. The summed E-state index contributed by atoms with van der Waals surface area (Å²) in [5.41, 5.74) is 0.220. The van der Waals surface area contributed by atoms with Gasteiger partial charge in [0.2, 0.25) is 0 Å². The van der Waals surface area contributed by atoms with Gasteiger partial charge in [-0.05, 0) is 17.8 Å². The van der Waals surface area contributed by atoms with E-state index in [0.717, 1.165) is 25.6 Å². The molecule has 15 heavy (non-hydrogen) atoms. The van der Waals surface area contributed by atoms with E-state index in [2.05, 4.69) is 38.7 Å². The van der Waals surface area contributed by atoms with Gasteiger partial charge in [-0.3, -0.25) is 0 Å². The molecule has 0 saturated heterocycles. The van der Waals surface area contributed by atoms with Crippen LogP contribution >= 0.6 is 0 Å². The van der Waals surface area contributed by atoms with Crippen LogP contribution < -0.4 is 5.32 Å². The van der Waals surface area contributed by atoms with Gasteiger partial charge in [-0.25, -0.2) is 0 Å². The third kappa shape index (κ3) is 7.57.